The highest BCUT2D eigenvalue weighted by atomic mass is 14.4. The van der Waals surface area contributed by atoms with Gasteiger partial charge in [0.25, 0.3) is 0 Å². The predicted octanol–water partition coefficient (Wildman–Crippen LogP) is 11.4. The van der Waals surface area contributed by atoms with Crippen LogP contribution in [0.5, 0.6) is 0 Å². The first-order valence-corrected chi connectivity index (χ1v) is 16.2. The average Bonchev–Trinajstić information content (AvgIpc) is 3.65. The maximum absolute atomic E-state index is 2.59. The Bertz CT molecular complexity index is 1740. The van der Waals surface area contributed by atoms with Crippen molar-refractivity contribution in [2.45, 2.75) is 30.1 Å². The maximum Gasteiger partial charge on any atom is 0.0343 e. The van der Waals surface area contributed by atoms with Crippen molar-refractivity contribution >= 4 is 11.1 Å². The van der Waals surface area contributed by atoms with Gasteiger partial charge in [-0.05, 0) is 62.1 Å². The van der Waals surface area contributed by atoms with Crippen LogP contribution in [-0.2, 0) is 0 Å². The van der Waals surface area contributed by atoms with Gasteiger partial charge in [-0.15, -0.1) is 0 Å². The molecule has 0 fully saturated rings. The monoisotopic (exact) mass is 576 g/mol. The SMILES string of the molecule is C1=C(C(c2ccccc2)c2ccccc2)c2ccccc2C1CC1C=C(C(c2ccccc2)c2ccccc2)c2ccccc21. The standard InChI is InChI=1S/C45H36/c1-5-17-32(18-6-1)44(33-19-7-2-8-20-33)42-30-36(38-25-13-15-27-40(38)42)29-37-31-43(41-28-16-14-26-39(37)41)45(34-21-9-3-10-22-34)35-23-11-4-12-24-35/h1-28,30-31,36-37,44-45H,29H2. The number of allylic oxidation sites excluding steroid dienone is 4. The number of hydrogen-bond donors (Lipinski definition) is 0. The topological polar surface area (TPSA) is 0 Å². The van der Waals surface area contributed by atoms with E-state index in [1.165, 1.54) is 55.7 Å². The van der Waals surface area contributed by atoms with E-state index in [2.05, 4.69) is 182 Å². The summed E-state index contributed by atoms with van der Waals surface area (Å²) >= 11 is 0. The summed E-state index contributed by atoms with van der Waals surface area (Å²) in [5.74, 6) is 1.07. The third-order valence-corrected chi connectivity index (χ3v) is 9.77. The number of rotatable bonds is 8. The molecule has 0 nitrogen and oxygen atoms in total. The summed E-state index contributed by atoms with van der Waals surface area (Å²) in [5, 5.41) is 0. The Balaban J connectivity index is 1.22. The van der Waals surface area contributed by atoms with Gasteiger partial charge in [-0.2, -0.15) is 0 Å². The summed E-state index contributed by atoms with van der Waals surface area (Å²) in [6.45, 7) is 0. The third kappa shape index (κ3) is 5.17. The zero-order chi connectivity index (χ0) is 30.0. The molecule has 0 heteroatoms. The second-order valence-corrected chi connectivity index (χ2v) is 12.4. The highest BCUT2D eigenvalue weighted by Crippen LogP contribution is 2.52. The van der Waals surface area contributed by atoms with Crippen LogP contribution in [0.15, 0.2) is 182 Å². The van der Waals surface area contributed by atoms with Gasteiger partial charge in [0.1, 0.15) is 0 Å². The van der Waals surface area contributed by atoms with Crippen LogP contribution in [0, 0.1) is 0 Å². The molecule has 8 rings (SSSR count). The van der Waals surface area contributed by atoms with E-state index < -0.39 is 0 Å². The van der Waals surface area contributed by atoms with Gasteiger partial charge >= 0.3 is 0 Å². The quantitative estimate of drug-likeness (QED) is 0.169. The van der Waals surface area contributed by atoms with Crippen LogP contribution < -0.4 is 0 Å². The van der Waals surface area contributed by atoms with Gasteiger partial charge < -0.3 is 0 Å². The Kier molecular flexibility index (Phi) is 7.33. The number of hydrogen-bond acceptors (Lipinski definition) is 0. The summed E-state index contributed by atoms with van der Waals surface area (Å²) in [4.78, 5) is 0. The molecule has 2 aliphatic carbocycles. The van der Waals surface area contributed by atoms with Crippen molar-refractivity contribution in [2.24, 2.45) is 0 Å². The van der Waals surface area contributed by atoms with Crippen molar-refractivity contribution in [1.82, 2.24) is 0 Å². The van der Waals surface area contributed by atoms with Crippen molar-refractivity contribution in [3.8, 4) is 0 Å². The minimum absolute atomic E-state index is 0.195. The van der Waals surface area contributed by atoms with Crippen LogP contribution in [0.3, 0.4) is 0 Å². The molecule has 0 N–H and O–H groups in total. The van der Waals surface area contributed by atoms with Gasteiger partial charge in [-0.3, -0.25) is 0 Å². The van der Waals surface area contributed by atoms with Crippen molar-refractivity contribution in [3.63, 3.8) is 0 Å². The molecule has 0 amide bonds. The first-order chi connectivity index (χ1) is 22.3. The molecule has 6 aromatic rings. The van der Waals surface area contributed by atoms with E-state index in [1.54, 1.807) is 0 Å². The lowest BCUT2D eigenvalue weighted by Gasteiger charge is -2.21. The molecule has 45 heavy (non-hydrogen) atoms. The molecule has 0 saturated heterocycles. The predicted molar refractivity (Wildman–Crippen MR) is 188 cm³/mol. The Morgan fingerprint density at radius 1 is 0.333 bits per heavy atom. The second-order valence-electron chi connectivity index (χ2n) is 12.4. The summed E-state index contributed by atoms with van der Waals surface area (Å²) in [7, 11) is 0. The van der Waals surface area contributed by atoms with E-state index in [0.29, 0.717) is 11.8 Å². The fraction of sp³-hybridized carbons (Fsp3) is 0.111. The van der Waals surface area contributed by atoms with Crippen molar-refractivity contribution in [3.05, 3.63) is 227 Å². The van der Waals surface area contributed by atoms with E-state index in [4.69, 9.17) is 0 Å². The second kappa shape index (κ2) is 12.1. The first-order valence-electron chi connectivity index (χ1n) is 16.2. The van der Waals surface area contributed by atoms with Gasteiger partial charge in [0.15, 0.2) is 0 Å². The molecular weight excluding hydrogens is 540 g/mol. The molecule has 2 atom stereocenters. The van der Waals surface area contributed by atoms with Gasteiger partial charge in [0.05, 0.1) is 0 Å². The lowest BCUT2D eigenvalue weighted by atomic mass is 9.82. The molecule has 216 valence electrons. The highest BCUT2D eigenvalue weighted by Gasteiger charge is 2.34. The van der Waals surface area contributed by atoms with Crippen LogP contribution in [0.2, 0.25) is 0 Å². The molecule has 2 unspecified atom stereocenters. The van der Waals surface area contributed by atoms with E-state index in [0.717, 1.165) is 6.42 Å². The molecule has 0 aliphatic heterocycles. The number of fused-ring (bicyclic) bond motifs is 2. The zero-order valence-corrected chi connectivity index (χ0v) is 25.3. The Labute approximate surface area is 267 Å². The molecule has 0 heterocycles. The number of benzene rings is 6. The van der Waals surface area contributed by atoms with Gasteiger partial charge in [-0.1, -0.05) is 182 Å². The molecule has 0 aromatic heterocycles. The molecule has 6 aromatic carbocycles. The van der Waals surface area contributed by atoms with Crippen LogP contribution in [0.1, 0.15) is 74.6 Å². The minimum atomic E-state index is 0.195. The molecular formula is C45H36. The van der Waals surface area contributed by atoms with Crippen molar-refractivity contribution in [1.29, 1.82) is 0 Å². The van der Waals surface area contributed by atoms with Crippen molar-refractivity contribution in [2.75, 3.05) is 0 Å². The van der Waals surface area contributed by atoms with Gasteiger partial charge in [0, 0.05) is 23.7 Å². The van der Waals surface area contributed by atoms with E-state index in [9.17, 15) is 0 Å². The lowest BCUT2D eigenvalue weighted by molar-refractivity contribution is 0.685. The molecule has 2 aliphatic rings. The lowest BCUT2D eigenvalue weighted by Crippen LogP contribution is -2.03. The fourth-order valence-electron chi connectivity index (χ4n) is 7.81. The van der Waals surface area contributed by atoms with E-state index in [1.807, 2.05) is 0 Å². The smallest absolute Gasteiger partial charge is 0.0343 e. The average molecular weight is 577 g/mol. The summed E-state index contributed by atoms with van der Waals surface area (Å²) in [5.41, 5.74) is 13.9. The highest BCUT2D eigenvalue weighted by molar-refractivity contribution is 5.84. The summed E-state index contributed by atoms with van der Waals surface area (Å²) < 4.78 is 0. The fourth-order valence-corrected chi connectivity index (χ4v) is 7.81. The largest absolute Gasteiger partial charge is 0.0722 e. The van der Waals surface area contributed by atoms with Crippen LogP contribution in [0.4, 0.5) is 0 Å². The normalized spacial score (nSPS) is 16.8. The van der Waals surface area contributed by atoms with Crippen LogP contribution >= 0.6 is 0 Å². The summed E-state index contributed by atoms with van der Waals surface area (Å²) in [6.07, 6.45) is 6.24. The first kappa shape index (κ1) is 27.4. The minimum Gasteiger partial charge on any atom is -0.0722 e. The van der Waals surface area contributed by atoms with E-state index in [-0.39, 0.29) is 11.8 Å². The van der Waals surface area contributed by atoms with Gasteiger partial charge in [0.2, 0.25) is 0 Å². The molecule has 0 radical (unpaired) electrons. The Hall–Kier alpha value is -5.20. The van der Waals surface area contributed by atoms with Crippen LogP contribution in [0.25, 0.3) is 11.1 Å². The van der Waals surface area contributed by atoms with Crippen LogP contribution in [-0.4, -0.2) is 0 Å². The summed E-state index contributed by atoms with van der Waals surface area (Å²) in [6, 6.07) is 62.3. The molecule has 0 bridgehead atoms. The Morgan fingerprint density at radius 2 is 0.622 bits per heavy atom. The maximum atomic E-state index is 2.59. The third-order valence-electron chi connectivity index (χ3n) is 9.77. The molecule has 0 spiro atoms. The Morgan fingerprint density at radius 3 is 0.956 bits per heavy atom. The molecule has 0 saturated carbocycles. The van der Waals surface area contributed by atoms with Gasteiger partial charge in [-0.25, -0.2) is 0 Å². The van der Waals surface area contributed by atoms with E-state index >= 15 is 0 Å². The van der Waals surface area contributed by atoms with Crippen molar-refractivity contribution < 1.29 is 0 Å². The zero-order valence-electron chi connectivity index (χ0n) is 25.3.